The van der Waals surface area contributed by atoms with E-state index in [1.54, 1.807) is 29.2 Å². The molecule has 1 heterocycles. The molecule has 1 fully saturated rings. The van der Waals surface area contributed by atoms with Gasteiger partial charge in [0.25, 0.3) is 0 Å². The second-order valence-corrected chi connectivity index (χ2v) is 6.93. The molecule has 1 saturated heterocycles. The van der Waals surface area contributed by atoms with Crippen LogP contribution in [0, 0.1) is 17.2 Å². The molecule has 138 valence electrons. The molecule has 0 radical (unpaired) electrons. The van der Waals surface area contributed by atoms with Gasteiger partial charge in [0.15, 0.2) is 0 Å². The fourth-order valence-corrected chi connectivity index (χ4v) is 3.42. The topological polar surface area (TPSA) is 73.2 Å². The molecule has 0 spiro atoms. The number of benzene rings is 2. The van der Waals surface area contributed by atoms with Crippen molar-refractivity contribution in [2.45, 2.75) is 25.7 Å². The van der Waals surface area contributed by atoms with Crippen molar-refractivity contribution >= 4 is 17.5 Å². The van der Waals surface area contributed by atoms with Gasteiger partial charge in [0.05, 0.1) is 11.6 Å². The first kappa shape index (κ1) is 18.7. The van der Waals surface area contributed by atoms with E-state index in [1.807, 2.05) is 12.1 Å². The summed E-state index contributed by atoms with van der Waals surface area (Å²) in [6, 6.07) is 19.0. The van der Waals surface area contributed by atoms with Gasteiger partial charge in [-0.05, 0) is 55.0 Å². The Morgan fingerprint density at radius 3 is 2.33 bits per heavy atom. The molecule has 3 rings (SSSR count). The Kier molecular flexibility index (Phi) is 6.22. The zero-order chi connectivity index (χ0) is 19.1. The van der Waals surface area contributed by atoms with Crippen molar-refractivity contribution in [2.24, 2.45) is 5.92 Å². The van der Waals surface area contributed by atoms with Gasteiger partial charge < -0.3 is 10.2 Å². The first-order valence-corrected chi connectivity index (χ1v) is 9.26. The van der Waals surface area contributed by atoms with E-state index >= 15 is 0 Å². The summed E-state index contributed by atoms with van der Waals surface area (Å²) in [6.45, 7) is 1.42. The van der Waals surface area contributed by atoms with Crippen LogP contribution in [0.5, 0.6) is 0 Å². The first-order valence-electron chi connectivity index (χ1n) is 9.26. The Morgan fingerprint density at radius 2 is 1.70 bits per heavy atom. The predicted octanol–water partition coefficient (Wildman–Crippen LogP) is 3.37. The smallest absolute Gasteiger partial charge is 0.233 e. The van der Waals surface area contributed by atoms with Crippen molar-refractivity contribution in [3.05, 3.63) is 65.7 Å². The fourth-order valence-electron chi connectivity index (χ4n) is 3.42. The zero-order valence-electron chi connectivity index (χ0n) is 15.2. The summed E-state index contributed by atoms with van der Waals surface area (Å²) in [7, 11) is 0. The minimum atomic E-state index is -0.323. The number of amides is 2. The molecule has 1 aliphatic rings. The van der Waals surface area contributed by atoms with E-state index in [1.165, 1.54) is 5.56 Å². The largest absolute Gasteiger partial charge is 0.342 e. The zero-order valence-corrected chi connectivity index (χ0v) is 15.2. The molecule has 1 N–H and O–H groups in total. The SMILES string of the molecule is N#Cc1ccc(NC(=O)CC(=O)N2CCC(Cc3ccccc3)CC2)cc1. The number of anilines is 1. The monoisotopic (exact) mass is 361 g/mol. The Balaban J connectivity index is 1.43. The number of piperidine rings is 1. The predicted molar refractivity (Wildman–Crippen MR) is 104 cm³/mol. The van der Waals surface area contributed by atoms with Crippen LogP contribution in [0.4, 0.5) is 5.69 Å². The second kappa shape index (κ2) is 9.00. The van der Waals surface area contributed by atoms with Crippen LogP contribution in [0.2, 0.25) is 0 Å². The van der Waals surface area contributed by atoms with Crippen LogP contribution in [0.25, 0.3) is 0 Å². The molecule has 0 saturated carbocycles. The maximum Gasteiger partial charge on any atom is 0.233 e. The van der Waals surface area contributed by atoms with E-state index in [9.17, 15) is 9.59 Å². The highest BCUT2D eigenvalue weighted by Gasteiger charge is 2.24. The number of hydrogen-bond acceptors (Lipinski definition) is 3. The van der Waals surface area contributed by atoms with Gasteiger partial charge in [-0.25, -0.2) is 0 Å². The van der Waals surface area contributed by atoms with Crippen molar-refractivity contribution in [2.75, 3.05) is 18.4 Å². The molecule has 0 aliphatic carbocycles. The summed E-state index contributed by atoms with van der Waals surface area (Å²) in [4.78, 5) is 26.3. The molecule has 2 amide bonds. The van der Waals surface area contributed by atoms with E-state index in [-0.39, 0.29) is 18.2 Å². The van der Waals surface area contributed by atoms with Gasteiger partial charge in [-0.2, -0.15) is 5.26 Å². The Labute approximate surface area is 159 Å². The molecular formula is C22H23N3O2. The van der Waals surface area contributed by atoms with Crippen LogP contribution >= 0.6 is 0 Å². The van der Waals surface area contributed by atoms with Crippen molar-refractivity contribution in [1.29, 1.82) is 5.26 Å². The molecule has 5 heteroatoms. The summed E-state index contributed by atoms with van der Waals surface area (Å²) in [6.07, 6.45) is 2.83. The molecule has 2 aromatic rings. The quantitative estimate of drug-likeness (QED) is 0.830. The van der Waals surface area contributed by atoms with Gasteiger partial charge in [0, 0.05) is 18.8 Å². The summed E-state index contributed by atoms with van der Waals surface area (Å²) in [5.41, 5.74) is 2.46. The molecule has 0 bridgehead atoms. The Hall–Kier alpha value is -3.13. The Bertz CT molecular complexity index is 817. The third-order valence-corrected chi connectivity index (χ3v) is 4.94. The number of carbonyl (C=O) groups is 2. The highest BCUT2D eigenvalue weighted by molar-refractivity contribution is 6.03. The van der Waals surface area contributed by atoms with Crippen molar-refractivity contribution < 1.29 is 9.59 Å². The summed E-state index contributed by atoms with van der Waals surface area (Å²) in [5, 5.41) is 11.5. The lowest BCUT2D eigenvalue weighted by Crippen LogP contribution is -2.40. The van der Waals surface area contributed by atoms with Crippen molar-refractivity contribution in [3.63, 3.8) is 0 Å². The number of nitriles is 1. The molecule has 27 heavy (non-hydrogen) atoms. The lowest BCUT2D eigenvalue weighted by Gasteiger charge is -2.32. The summed E-state index contributed by atoms with van der Waals surface area (Å²) < 4.78 is 0. The number of nitrogens with one attached hydrogen (secondary N) is 1. The summed E-state index contributed by atoms with van der Waals surface area (Å²) in [5.74, 6) is 0.138. The normalized spacial score (nSPS) is 14.4. The lowest BCUT2D eigenvalue weighted by atomic mass is 9.90. The van der Waals surface area contributed by atoms with Gasteiger partial charge in [-0.15, -0.1) is 0 Å². The average Bonchev–Trinajstić information content (AvgIpc) is 2.70. The molecule has 2 aromatic carbocycles. The first-order chi connectivity index (χ1) is 13.1. The maximum atomic E-state index is 12.4. The van der Waals surface area contributed by atoms with Crippen molar-refractivity contribution in [3.8, 4) is 6.07 Å². The molecule has 0 aromatic heterocycles. The van der Waals surface area contributed by atoms with E-state index in [0.717, 1.165) is 19.3 Å². The number of nitrogens with zero attached hydrogens (tertiary/aromatic N) is 2. The third kappa shape index (κ3) is 5.42. The van der Waals surface area contributed by atoms with Crippen LogP contribution in [0.1, 0.15) is 30.4 Å². The van der Waals surface area contributed by atoms with Gasteiger partial charge in [0.2, 0.25) is 11.8 Å². The Morgan fingerprint density at radius 1 is 1.04 bits per heavy atom. The second-order valence-electron chi connectivity index (χ2n) is 6.93. The third-order valence-electron chi connectivity index (χ3n) is 4.94. The minimum Gasteiger partial charge on any atom is -0.342 e. The van der Waals surface area contributed by atoms with Gasteiger partial charge >= 0.3 is 0 Å². The van der Waals surface area contributed by atoms with E-state index in [4.69, 9.17) is 5.26 Å². The molecule has 0 atom stereocenters. The number of rotatable bonds is 5. The van der Waals surface area contributed by atoms with Gasteiger partial charge in [-0.1, -0.05) is 30.3 Å². The maximum absolute atomic E-state index is 12.4. The highest BCUT2D eigenvalue weighted by Crippen LogP contribution is 2.22. The van der Waals surface area contributed by atoms with Crippen molar-refractivity contribution in [1.82, 2.24) is 4.90 Å². The van der Waals surface area contributed by atoms with Crippen LogP contribution in [0.15, 0.2) is 54.6 Å². The standard InChI is InChI=1S/C22H23N3O2/c23-16-19-6-8-20(9-7-19)24-21(26)15-22(27)25-12-10-18(11-13-25)14-17-4-2-1-3-5-17/h1-9,18H,10-15H2,(H,24,26). The van der Waals surface area contributed by atoms with Crippen LogP contribution in [0.3, 0.4) is 0 Å². The van der Waals surface area contributed by atoms with E-state index < -0.39 is 0 Å². The minimum absolute atomic E-state index is 0.126. The number of carbonyl (C=O) groups excluding carboxylic acids is 2. The average molecular weight is 361 g/mol. The van der Waals surface area contributed by atoms with Crippen LogP contribution < -0.4 is 5.32 Å². The van der Waals surface area contributed by atoms with Gasteiger partial charge in [0.1, 0.15) is 6.42 Å². The molecule has 1 aliphatic heterocycles. The molecule has 5 nitrogen and oxygen atoms in total. The highest BCUT2D eigenvalue weighted by atomic mass is 16.2. The molecule has 0 unspecified atom stereocenters. The van der Waals surface area contributed by atoms with E-state index in [2.05, 4.69) is 29.6 Å². The van der Waals surface area contributed by atoms with Crippen LogP contribution in [-0.4, -0.2) is 29.8 Å². The molecular weight excluding hydrogens is 338 g/mol. The van der Waals surface area contributed by atoms with Crippen LogP contribution in [-0.2, 0) is 16.0 Å². The fraction of sp³-hybridized carbons (Fsp3) is 0.318. The lowest BCUT2D eigenvalue weighted by molar-refractivity contribution is -0.135. The van der Waals surface area contributed by atoms with Gasteiger partial charge in [-0.3, -0.25) is 9.59 Å². The summed E-state index contributed by atoms with van der Waals surface area (Å²) >= 11 is 0. The van der Waals surface area contributed by atoms with E-state index in [0.29, 0.717) is 30.3 Å². The number of hydrogen-bond donors (Lipinski definition) is 1. The number of likely N-dealkylation sites (tertiary alicyclic amines) is 1.